The average molecular weight is 269 g/mol. The fourth-order valence-electron chi connectivity index (χ4n) is 1.23. The lowest BCUT2D eigenvalue weighted by atomic mass is 10.3. The highest BCUT2D eigenvalue weighted by molar-refractivity contribution is 7.99. The molecule has 1 aromatic rings. The zero-order valence-corrected chi connectivity index (χ0v) is 10.5. The third-order valence-corrected chi connectivity index (χ3v) is 3.17. The van der Waals surface area contributed by atoms with E-state index in [1.807, 2.05) is 30.3 Å². The Morgan fingerprint density at radius 2 is 1.94 bits per heavy atom. The maximum absolute atomic E-state index is 11.4. The van der Waals surface area contributed by atoms with E-state index in [1.54, 1.807) is 0 Å². The second-order valence-corrected chi connectivity index (χ2v) is 4.72. The molecular weight excluding hydrogens is 254 g/mol. The Hall–Kier alpha value is -1.53. The number of amides is 1. The summed E-state index contributed by atoms with van der Waals surface area (Å²) in [5.74, 6) is -1.05. The molecule has 1 rings (SSSR count). The molecule has 1 amide bonds. The van der Waals surface area contributed by atoms with Crippen LogP contribution in [0.4, 0.5) is 0 Å². The van der Waals surface area contributed by atoms with Crippen molar-refractivity contribution in [3.05, 3.63) is 30.3 Å². The van der Waals surface area contributed by atoms with E-state index in [4.69, 9.17) is 10.2 Å². The van der Waals surface area contributed by atoms with Crippen molar-refractivity contribution in [2.24, 2.45) is 0 Å². The molecule has 1 atom stereocenters. The highest BCUT2D eigenvalue weighted by Gasteiger charge is 2.18. The molecule has 1 aromatic carbocycles. The predicted octanol–water partition coefficient (Wildman–Crippen LogP) is 0.731. The number of aliphatic hydroxyl groups is 1. The van der Waals surface area contributed by atoms with Gasteiger partial charge in [0.25, 0.3) is 0 Å². The second kappa shape index (κ2) is 7.73. The van der Waals surface area contributed by atoms with Crippen LogP contribution in [0.5, 0.6) is 0 Å². The predicted molar refractivity (Wildman–Crippen MR) is 68.4 cm³/mol. The average Bonchev–Trinajstić information content (AvgIpc) is 2.37. The van der Waals surface area contributed by atoms with Gasteiger partial charge >= 0.3 is 5.97 Å². The fraction of sp³-hybridized carbons (Fsp3) is 0.333. The van der Waals surface area contributed by atoms with Gasteiger partial charge in [0, 0.05) is 17.1 Å². The second-order valence-electron chi connectivity index (χ2n) is 3.55. The molecule has 0 aromatic heterocycles. The van der Waals surface area contributed by atoms with Crippen molar-refractivity contribution in [3.8, 4) is 0 Å². The normalized spacial score (nSPS) is 11.8. The largest absolute Gasteiger partial charge is 0.480 e. The number of hydrogen-bond acceptors (Lipinski definition) is 4. The first-order valence-electron chi connectivity index (χ1n) is 5.44. The Balaban J connectivity index is 2.27. The SMILES string of the molecule is O=C(CCSc1ccccc1)NC(CO)C(=O)O. The van der Waals surface area contributed by atoms with Crippen LogP contribution < -0.4 is 5.32 Å². The number of thioether (sulfide) groups is 1. The van der Waals surface area contributed by atoms with Crippen LogP contribution >= 0.6 is 11.8 Å². The maximum atomic E-state index is 11.4. The van der Waals surface area contributed by atoms with Crippen molar-refractivity contribution >= 4 is 23.6 Å². The van der Waals surface area contributed by atoms with Gasteiger partial charge in [0.05, 0.1) is 6.61 Å². The lowest BCUT2D eigenvalue weighted by Crippen LogP contribution is -2.43. The molecule has 98 valence electrons. The van der Waals surface area contributed by atoms with E-state index < -0.39 is 18.6 Å². The third-order valence-electron chi connectivity index (χ3n) is 2.16. The molecule has 0 aliphatic carbocycles. The van der Waals surface area contributed by atoms with E-state index >= 15 is 0 Å². The summed E-state index contributed by atoms with van der Waals surface area (Å²) in [6, 6.07) is 8.39. The van der Waals surface area contributed by atoms with Crippen molar-refractivity contribution in [1.29, 1.82) is 0 Å². The van der Waals surface area contributed by atoms with Gasteiger partial charge in [0.15, 0.2) is 0 Å². The molecule has 3 N–H and O–H groups in total. The molecule has 0 aliphatic heterocycles. The van der Waals surface area contributed by atoms with Gasteiger partial charge in [-0.15, -0.1) is 11.8 Å². The molecule has 0 radical (unpaired) electrons. The number of carbonyl (C=O) groups excluding carboxylic acids is 1. The molecule has 5 nitrogen and oxygen atoms in total. The lowest BCUT2D eigenvalue weighted by molar-refractivity contribution is -0.142. The molecule has 0 bridgehead atoms. The number of carbonyl (C=O) groups is 2. The molecule has 0 saturated heterocycles. The van der Waals surface area contributed by atoms with Crippen LogP contribution in [0.25, 0.3) is 0 Å². The van der Waals surface area contributed by atoms with Crippen molar-refractivity contribution < 1.29 is 19.8 Å². The molecular formula is C12H15NO4S. The monoisotopic (exact) mass is 269 g/mol. The number of benzene rings is 1. The van der Waals surface area contributed by atoms with E-state index in [0.29, 0.717) is 5.75 Å². The van der Waals surface area contributed by atoms with Gasteiger partial charge in [-0.1, -0.05) is 18.2 Å². The smallest absolute Gasteiger partial charge is 0.328 e. The van der Waals surface area contributed by atoms with Crippen LogP contribution in [0.1, 0.15) is 6.42 Å². The van der Waals surface area contributed by atoms with Crippen molar-refractivity contribution in [3.63, 3.8) is 0 Å². The van der Waals surface area contributed by atoms with E-state index in [2.05, 4.69) is 5.32 Å². The van der Waals surface area contributed by atoms with Crippen molar-refractivity contribution in [2.45, 2.75) is 17.4 Å². The highest BCUT2D eigenvalue weighted by Crippen LogP contribution is 2.17. The van der Waals surface area contributed by atoms with E-state index in [1.165, 1.54) is 11.8 Å². The maximum Gasteiger partial charge on any atom is 0.328 e. The molecule has 0 spiro atoms. The summed E-state index contributed by atoms with van der Waals surface area (Å²) in [4.78, 5) is 23.0. The Bertz CT molecular complexity index is 396. The number of aliphatic hydroxyl groups excluding tert-OH is 1. The van der Waals surface area contributed by atoms with Gasteiger partial charge in [-0.25, -0.2) is 4.79 Å². The van der Waals surface area contributed by atoms with Gasteiger partial charge < -0.3 is 15.5 Å². The topological polar surface area (TPSA) is 86.6 Å². The number of carboxylic acids is 1. The molecule has 0 heterocycles. The zero-order chi connectivity index (χ0) is 13.4. The molecule has 0 aliphatic rings. The summed E-state index contributed by atoms with van der Waals surface area (Å²) in [6.07, 6.45) is 0.212. The Labute approximate surface area is 109 Å². The van der Waals surface area contributed by atoms with Gasteiger partial charge in [0.1, 0.15) is 6.04 Å². The van der Waals surface area contributed by atoms with E-state index in [-0.39, 0.29) is 12.3 Å². The lowest BCUT2D eigenvalue weighted by Gasteiger charge is -2.11. The summed E-state index contributed by atoms with van der Waals surface area (Å²) >= 11 is 1.52. The number of carboxylic acid groups (broad SMARTS) is 1. The Morgan fingerprint density at radius 3 is 2.50 bits per heavy atom. The van der Waals surface area contributed by atoms with Crippen LogP contribution in [0.15, 0.2) is 35.2 Å². The quantitative estimate of drug-likeness (QED) is 0.635. The van der Waals surface area contributed by atoms with Crippen molar-refractivity contribution in [1.82, 2.24) is 5.32 Å². The number of nitrogens with one attached hydrogen (secondary N) is 1. The highest BCUT2D eigenvalue weighted by atomic mass is 32.2. The summed E-state index contributed by atoms with van der Waals surface area (Å²) in [7, 11) is 0. The standard InChI is InChI=1S/C12H15NO4S/c14-8-10(12(16)17)13-11(15)6-7-18-9-4-2-1-3-5-9/h1-5,10,14H,6-8H2,(H,13,15)(H,16,17). The van der Waals surface area contributed by atoms with E-state index in [9.17, 15) is 9.59 Å². The van der Waals surface area contributed by atoms with Gasteiger partial charge in [-0.2, -0.15) is 0 Å². The van der Waals surface area contributed by atoms with Crippen LogP contribution in [-0.2, 0) is 9.59 Å². The minimum Gasteiger partial charge on any atom is -0.480 e. The molecule has 0 fully saturated rings. The molecule has 18 heavy (non-hydrogen) atoms. The van der Waals surface area contributed by atoms with Crippen LogP contribution in [-0.4, -0.2) is 40.5 Å². The summed E-state index contributed by atoms with van der Waals surface area (Å²) < 4.78 is 0. The zero-order valence-electron chi connectivity index (χ0n) is 9.70. The first-order valence-corrected chi connectivity index (χ1v) is 6.43. The number of rotatable bonds is 7. The number of hydrogen-bond donors (Lipinski definition) is 3. The van der Waals surface area contributed by atoms with Crippen LogP contribution in [0.2, 0.25) is 0 Å². The number of aliphatic carboxylic acids is 1. The minimum atomic E-state index is -1.23. The van der Waals surface area contributed by atoms with Crippen molar-refractivity contribution in [2.75, 3.05) is 12.4 Å². The molecule has 0 saturated carbocycles. The minimum absolute atomic E-state index is 0.212. The third kappa shape index (κ3) is 5.20. The first-order chi connectivity index (χ1) is 8.63. The first kappa shape index (κ1) is 14.5. The Morgan fingerprint density at radius 1 is 1.28 bits per heavy atom. The fourth-order valence-corrected chi connectivity index (χ4v) is 2.10. The summed E-state index contributed by atoms with van der Waals surface area (Å²) in [5.41, 5.74) is 0. The Kier molecular flexibility index (Phi) is 6.24. The van der Waals surface area contributed by atoms with E-state index in [0.717, 1.165) is 4.90 Å². The molecule has 6 heteroatoms. The van der Waals surface area contributed by atoms with Crippen LogP contribution in [0, 0.1) is 0 Å². The van der Waals surface area contributed by atoms with Gasteiger partial charge in [-0.05, 0) is 12.1 Å². The van der Waals surface area contributed by atoms with Gasteiger partial charge in [-0.3, -0.25) is 4.79 Å². The van der Waals surface area contributed by atoms with Crippen LogP contribution in [0.3, 0.4) is 0 Å². The molecule has 1 unspecified atom stereocenters. The van der Waals surface area contributed by atoms with Gasteiger partial charge in [0.2, 0.25) is 5.91 Å². The summed E-state index contributed by atoms with van der Waals surface area (Å²) in [5, 5.41) is 19.6. The summed E-state index contributed by atoms with van der Waals surface area (Å²) in [6.45, 7) is -0.604.